The smallest absolute Gasteiger partial charge is 0.0793 e. The molecule has 1 aliphatic carbocycles. The Morgan fingerprint density at radius 1 is 0.781 bits per heavy atom. The molecule has 0 spiro atoms. The van der Waals surface area contributed by atoms with E-state index < -0.39 is 6.10 Å². The van der Waals surface area contributed by atoms with Gasteiger partial charge in [0.15, 0.2) is 0 Å². The van der Waals surface area contributed by atoms with E-state index in [9.17, 15) is 10.2 Å². The van der Waals surface area contributed by atoms with Crippen molar-refractivity contribution < 1.29 is 10.2 Å². The molecule has 0 bridgehead atoms. The Bertz CT molecular complexity index is 942. The van der Waals surface area contributed by atoms with Crippen molar-refractivity contribution >= 4 is 0 Å². The van der Waals surface area contributed by atoms with Crippen molar-refractivity contribution in [2.45, 2.75) is 70.0 Å². The van der Waals surface area contributed by atoms with E-state index in [4.69, 9.17) is 0 Å². The summed E-state index contributed by atoms with van der Waals surface area (Å²) in [5, 5.41) is 21.3. The van der Waals surface area contributed by atoms with Crippen LogP contribution in [0.2, 0.25) is 0 Å². The molecule has 167 valence electrons. The van der Waals surface area contributed by atoms with Crippen LogP contribution in [0.3, 0.4) is 0 Å². The molecule has 1 saturated carbocycles. The van der Waals surface area contributed by atoms with Crippen molar-refractivity contribution in [2.75, 3.05) is 0 Å². The van der Waals surface area contributed by atoms with Gasteiger partial charge in [-0.3, -0.25) is 0 Å². The number of aryl methyl sites for hydroxylation is 1. The summed E-state index contributed by atoms with van der Waals surface area (Å²) in [5.41, 5.74) is 5.19. The maximum Gasteiger partial charge on any atom is 0.0793 e. The molecule has 1 aliphatic rings. The second-order valence-electron chi connectivity index (χ2n) is 9.29. The zero-order chi connectivity index (χ0) is 22.2. The van der Waals surface area contributed by atoms with Crippen molar-refractivity contribution in [3.8, 4) is 11.1 Å². The molecule has 2 nitrogen and oxygen atoms in total. The molecule has 2 unspecified atom stereocenters. The Morgan fingerprint density at radius 3 is 2.25 bits per heavy atom. The molecule has 1 radical (unpaired) electrons. The van der Waals surface area contributed by atoms with E-state index in [0.717, 1.165) is 47.4 Å². The summed E-state index contributed by atoms with van der Waals surface area (Å²) in [6, 6.07) is 27.6. The van der Waals surface area contributed by atoms with Gasteiger partial charge in [-0.25, -0.2) is 0 Å². The van der Waals surface area contributed by atoms with Gasteiger partial charge in [-0.05, 0) is 71.6 Å². The fourth-order valence-corrected chi connectivity index (χ4v) is 4.89. The molecule has 3 aromatic carbocycles. The lowest BCUT2D eigenvalue weighted by molar-refractivity contribution is 0.151. The third-order valence-corrected chi connectivity index (χ3v) is 6.94. The molecule has 2 atom stereocenters. The zero-order valence-corrected chi connectivity index (χ0v) is 18.9. The maximum absolute atomic E-state index is 10.7. The summed E-state index contributed by atoms with van der Waals surface area (Å²) in [4.78, 5) is 0. The number of aliphatic hydroxyl groups is 2. The van der Waals surface area contributed by atoms with Crippen LogP contribution in [-0.2, 0) is 6.42 Å². The minimum absolute atomic E-state index is 0.388. The molecule has 2 heteroatoms. The summed E-state index contributed by atoms with van der Waals surface area (Å²) < 4.78 is 0. The van der Waals surface area contributed by atoms with Crippen LogP contribution >= 0.6 is 0 Å². The van der Waals surface area contributed by atoms with Crippen molar-refractivity contribution in [1.29, 1.82) is 0 Å². The first-order valence-corrected chi connectivity index (χ1v) is 12.2. The lowest BCUT2D eigenvalue weighted by atomic mass is 9.85. The highest BCUT2D eigenvalue weighted by Crippen LogP contribution is 2.31. The Kier molecular flexibility index (Phi) is 8.14. The fraction of sp³-hybridized carbons (Fsp3) is 0.400. The number of rotatable bonds is 9. The van der Waals surface area contributed by atoms with Crippen LogP contribution in [0.4, 0.5) is 0 Å². The van der Waals surface area contributed by atoms with Crippen LogP contribution in [0.15, 0.2) is 72.8 Å². The van der Waals surface area contributed by atoms with E-state index in [-0.39, 0.29) is 6.10 Å². The number of hydrogen-bond donors (Lipinski definition) is 2. The molecular formula is C30H35O2. The van der Waals surface area contributed by atoms with Crippen LogP contribution in [-0.4, -0.2) is 10.2 Å². The van der Waals surface area contributed by atoms with Crippen LogP contribution in [0, 0.1) is 12.0 Å². The maximum atomic E-state index is 10.7. The van der Waals surface area contributed by atoms with Crippen LogP contribution in [0.5, 0.6) is 0 Å². The van der Waals surface area contributed by atoms with Crippen molar-refractivity contribution in [3.63, 3.8) is 0 Å². The predicted molar refractivity (Wildman–Crippen MR) is 131 cm³/mol. The van der Waals surface area contributed by atoms with Crippen LogP contribution < -0.4 is 0 Å². The highest BCUT2D eigenvalue weighted by atomic mass is 16.3. The van der Waals surface area contributed by atoms with E-state index in [1.165, 1.54) is 37.7 Å². The van der Waals surface area contributed by atoms with Crippen LogP contribution in [0.1, 0.15) is 80.3 Å². The average Bonchev–Trinajstić information content (AvgIpc) is 2.87. The molecule has 1 fully saturated rings. The van der Waals surface area contributed by atoms with Gasteiger partial charge in [0.05, 0.1) is 12.2 Å². The highest BCUT2D eigenvalue weighted by molar-refractivity contribution is 5.64. The molecular weight excluding hydrogens is 392 g/mol. The van der Waals surface area contributed by atoms with Gasteiger partial charge in [-0.2, -0.15) is 0 Å². The van der Waals surface area contributed by atoms with E-state index in [1.54, 1.807) is 0 Å². The molecule has 0 saturated heterocycles. The van der Waals surface area contributed by atoms with E-state index in [2.05, 4.69) is 30.3 Å². The normalized spacial score (nSPS) is 16.6. The Labute approximate surface area is 193 Å². The third-order valence-electron chi connectivity index (χ3n) is 6.94. The topological polar surface area (TPSA) is 40.5 Å². The second-order valence-corrected chi connectivity index (χ2v) is 9.29. The van der Waals surface area contributed by atoms with Gasteiger partial charge in [0.25, 0.3) is 0 Å². The summed E-state index contributed by atoms with van der Waals surface area (Å²) >= 11 is 0. The zero-order valence-electron chi connectivity index (χ0n) is 18.9. The SMILES string of the molecule is OC(CCc1ccccc1)c1cc[c]c(-c2ccc(C(O)CCC3CCCCC3)cc2)c1. The summed E-state index contributed by atoms with van der Waals surface area (Å²) in [6.45, 7) is 0. The van der Waals surface area contributed by atoms with E-state index >= 15 is 0 Å². The number of aliphatic hydroxyl groups excluding tert-OH is 2. The van der Waals surface area contributed by atoms with Gasteiger partial charge in [0.1, 0.15) is 0 Å². The second kappa shape index (κ2) is 11.4. The standard InChI is InChI=1S/C30H35O2/c31-29(20-14-23-8-3-1-4-9-23)26-18-16-25(17-19-26)27-12-7-13-28(22-27)30(32)21-15-24-10-5-2-6-11-24/h2,5-7,10-11,13,16-19,22-23,29-32H,1,3-4,8-9,14-15,20-21H2. The van der Waals surface area contributed by atoms with E-state index in [0.29, 0.717) is 6.42 Å². The van der Waals surface area contributed by atoms with Crippen molar-refractivity contribution in [2.24, 2.45) is 5.92 Å². The lowest BCUT2D eigenvalue weighted by Crippen LogP contribution is -2.08. The minimum atomic E-state index is -0.496. The third kappa shape index (κ3) is 6.31. The molecule has 2 N–H and O–H groups in total. The largest absolute Gasteiger partial charge is 0.388 e. The number of benzene rings is 3. The van der Waals surface area contributed by atoms with E-state index in [1.807, 2.05) is 48.5 Å². The van der Waals surface area contributed by atoms with Gasteiger partial charge in [0, 0.05) is 0 Å². The first-order valence-electron chi connectivity index (χ1n) is 12.2. The molecule has 4 rings (SSSR count). The van der Waals surface area contributed by atoms with Gasteiger partial charge in [0.2, 0.25) is 0 Å². The summed E-state index contributed by atoms with van der Waals surface area (Å²) in [7, 11) is 0. The van der Waals surface area contributed by atoms with Crippen molar-refractivity contribution in [3.05, 3.63) is 95.6 Å². The average molecular weight is 428 g/mol. The molecule has 0 amide bonds. The van der Waals surface area contributed by atoms with Gasteiger partial charge >= 0.3 is 0 Å². The summed E-state index contributed by atoms with van der Waals surface area (Å²) in [5.74, 6) is 0.795. The fourth-order valence-electron chi connectivity index (χ4n) is 4.89. The quantitative estimate of drug-likeness (QED) is 0.379. The summed E-state index contributed by atoms with van der Waals surface area (Å²) in [6.07, 6.45) is 9.37. The van der Waals surface area contributed by atoms with Gasteiger partial charge in [-0.15, -0.1) is 0 Å². The Morgan fingerprint density at radius 2 is 1.50 bits per heavy atom. The van der Waals surface area contributed by atoms with Gasteiger partial charge in [-0.1, -0.05) is 98.8 Å². The van der Waals surface area contributed by atoms with Crippen molar-refractivity contribution in [1.82, 2.24) is 0 Å². The molecule has 0 aromatic heterocycles. The first kappa shape index (κ1) is 22.8. The monoisotopic (exact) mass is 427 g/mol. The Balaban J connectivity index is 1.35. The molecule has 32 heavy (non-hydrogen) atoms. The molecule has 0 aliphatic heterocycles. The lowest BCUT2D eigenvalue weighted by Gasteiger charge is -2.22. The minimum Gasteiger partial charge on any atom is -0.388 e. The predicted octanol–water partition coefficient (Wildman–Crippen LogP) is 7.21. The Hall–Kier alpha value is -2.42. The molecule has 3 aromatic rings. The highest BCUT2D eigenvalue weighted by Gasteiger charge is 2.16. The number of hydrogen-bond acceptors (Lipinski definition) is 2. The van der Waals surface area contributed by atoms with Crippen LogP contribution in [0.25, 0.3) is 11.1 Å². The first-order chi connectivity index (χ1) is 15.7. The molecule has 0 heterocycles. The van der Waals surface area contributed by atoms with Gasteiger partial charge < -0.3 is 10.2 Å².